The maximum Gasteiger partial charge on any atom is 0.266 e. The van der Waals surface area contributed by atoms with Gasteiger partial charge < -0.3 is 24.3 Å². The van der Waals surface area contributed by atoms with Crippen LogP contribution in [-0.2, 0) is 4.79 Å². The Kier molecular flexibility index (Phi) is 6.02. The van der Waals surface area contributed by atoms with Gasteiger partial charge in [0, 0.05) is 5.69 Å². The van der Waals surface area contributed by atoms with Crippen LogP contribution in [0, 0.1) is 11.3 Å². The molecule has 2 aromatic carbocycles. The van der Waals surface area contributed by atoms with Crippen molar-refractivity contribution in [2.24, 2.45) is 0 Å². The van der Waals surface area contributed by atoms with Crippen LogP contribution < -0.4 is 24.3 Å². The lowest BCUT2D eigenvalue weighted by molar-refractivity contribution is -0.112. The number of nitriles is 1. The number of nitrogens with zero attached hydrogens (tertiary/aromatic N) is 1. The summed E-state index contributed by atoms with van der Waals surface area (Å²) in [6.45, 7) is 3.32. The second kappa shape index (κ2) is 8.82. The molecule has 1 N–H and O–H groups in total. The number of benzene rings is 2. The van der Waals surface area contributed by atoms with Gasteiger partial charge in [-0.25, -0.2) is 0 Å². The van der Waals surface area contributed by atoms with Gasteiger partial charge >= 0.3 is 0 Å². The summed E-state index contributed by atoms with van der Waals surface area (Å²) in [5.41, 5.74) is 1.11. The van der Waals surface area contributed by atoms with Crippen molar-refractivity contribution in [3.05, 3.63) is 47.5 Å². The molecule has 0 atom stereocenters. The molecule has 1 heterocycles. The molecule has 1 aliphatic rings. The Morgan fingerprint density at radius 1 is 1.25 bits per heavy atom. The van der Waals surface area contributed by atoms with Gasteiger partial charge in [-0.1, -0.05) is 0 Å². The first-order chi connectivity index (χ1) is 13.6. The summed E-state index contributed by atoms with van der Waals surface area (Å²) in [6.07, 6.45) is 1.48. The van der Waals surface area contributed by atoms with Gasteiger partial charge in [-0.05, 0) is 55.0 Å². The van der Waals surface area contributed by atoms with E-state index in [4.69, 9.17) is 18.9 Å². The molecule has 1 amide bonds. The van der Waals surface area contributed by atoms with E-state index in [1.54, 1.807) is 36.4 Å². The van der Waals surface area contributed by atoms with Gasteiger partial charge in [0.2, 0.25) is 5.75 Å². The molecule has 7 heteroatoms. The molecule has 0 unspecified atom stereocenters. The fraction of sp³-hybridized carbons (Fsp3) is 0.238. The summed E-state index contributed by atoms with van der Waals surface area (Å²) in [5, 5.41) is 12.1. The summed E-state index contributed by atoms with van der Waals surface area (Å²) in [5.74, 6) is 1.71. The second-order valence-corrected chi connectivity index (χ2v) is 5.83. The highest BCUT2D eigenvalue weighted by Crippen LogP contribution is 2.40. The van der Waals surface area contributed by atoms with Gasteiger partial charge in [-0.3, -0.25) is 4.79 Å². The van der Waals surface area contributed by atoms with Crippen LogP contribution in [0.1, 0.15) is 12.5 Å². The molecule has 0 radical (unpaired) electrons. The number of anilines is 1. The summed E-state index contributed by atoms with van der Waals surface area (Å²) >= 11 is 0. The Morgan fingerprint density at radius 2 is 2.00 bits per heavy atom. The standard InChI is InChI=1S/C21H20N2O5/c1-3-26-17-6-4-16(5-7-17)23-21(24)15(13-22)10-14-11-18(25-2)20-19(12-14)27-8-9-28-20/h4-7,10-12H,3,8-9H2,1-2H3,(H,23,24)/b15-10+. The number of hydrogen-bond acceptors (Lipinski definition) is 6. The largest absolute Gasteiger partial charge is 0.494 e. The molecule has 144 valence electrons. The lowest BCUT2D eigenvalue weighted by atomic mass is 10.1. The van der Waals surface area contributed by atoms with Crippen LogP contribution >= 0.6 is 0 Å². The molecule has 1 aliphatic heterocycles. The number of amides is 1. The number of carbonyl (C=O) groups is 1. The van der Waals surface area contributed by atoms with Gasteiger partial charge in [0.1, 0.15) is 30.6 Å². The number of nitrogens with one attached hydrogen (secondary N) is 1. The zero-order chi connectivity index (χ0) is 19.9. The predicted molar refractivity (Wildman–Crippen MR) is 104 cm³/mol. The van der Waals surface area contributed by atoms with Crippen LogP contribution in [0.5, 0.6) is 23.0 Å². The van der Waals surface area contributed by atoms with Crippen LogP contribution in [0.2, 0.25) is 0 Å². The quantitative estimate of drug-likeness (QED) is 0.610. The minimum absolute atomic E-state index is 0.0485. The molecule has 0 saturated heterocycles. The van der Waals surface area contributed by atoms with Crippen LogP contribution in [0.25, 0.3) is 6.08 Å². The van der Waals surface area contributed by atoms with Crippen molar-refractivity contribution in [3.63, 3.8) is 0 Å². The fourth-order valence-corrected chi connectivity index (χ4v) is 2.69. The Bertz CT molecular complexity index is 912. The van der Waals surface area contributed by atoms with Crippen molar-refractivity contribution in [1.82, 2.24) is 0 Å². The summed E-state index contributed by atoms with van der Waals surface area (Å²) < 4.78 is 21.8. The van der Waals surface area contributed by atoms with Crippen molar-refractivity contribution in [3.8, 4) is 29.1 Å². The van der Waals surface area contributed by atoms with E-state index in [2.05, 4.69) is 5.32 Å². The second-order valence-electron chi connectivity index (χ2n) is 5.83. The van der Waals surface area contributed by atoms with Gasteiger partial charge in [-0.15, -0.1) is 0 Å². The highest BCUT2D eigenvalue weighted by Gasteiger charge is 2.19. The van der Waals surface area contributed by atoms with Crippen LogP contribution in [0.15, 0.2) is 42.0 Å². The SMILES string of the molecule is CCOc1ccc(NC(=O)/C(C#N)=C/c2cc(OC)c3c(c2)OCCO3)cc1. The molecule has 0 fully saturated rings. The Hall–Kier alpha value is -3.66. The van der Waals surface area contributed by atoms with Gasteiger partial charge in [-0.2, -0.15) is 5.26 Å². The topological polar surface area (TPSA) is 89.8 Å². The van der Waals surface area contributed by atoms with E-state index in [1.165, 1.54) is 13.2 Å². The molecular weight excluding hydrogens is 360 g/mol. The molecule has 2 aromatic rings. The van der Waals surface area contributed by atoms with Crippen molar-refractivity contribution in [2.45, 2.75) is 6.92 Å². The van der Waals surface area contributed by atoms with E-state index in [0.717, 1.165) is 0 Å². The minimum atomic E-state index is -0.513. The zero-order valence-electron chi connectivity index (χ0n) is 15.7. The molecule has 28 heavy (non-hydrogen) atoms. The number of ether oxygens (including phenoxy) is 4. The van der Waals surface area contributed by atoms with Crippen molar-refractivity contribution < 1.29 is 23.7 Å². The van der Waals surface area contributed by atoms with Crippen LogP contribution in [0.4, 0.5) is 5.69 Å². The Balaban J connectivity index is 1.81. The van der Waals surface area contributed by atoms with E-state index < -0.39 is 5.91 Å². The van der Waals surface area contributed by atoms with E-state index in [9.17, 15) is 10.1 Å². The summed E-state index contributed by atoms with van der Waals surface area (Å²) in [6, 6.07) is 12.3. The highest BCUT2D eigenvalue weighted by atomic mass is 16.6. The fourth-order valence-electron chi connectivity index (χ4n) is 2.69. The average Bonchev–Trinajstić information content (AvgIpc) is 2.72. The number of carbonyl (C=O) groups excluding carboxylic acids is 1. The third-order valence-corrected chi connectivity index (χ3v) is 3.95. The van der Waals surface area contributed by atoms with E-state index in [0.29, 0.717) is 54.1 Å². The molecule has 0 spiro atoms. The van der Waals surface area contributed by atoms with E-state index in [-0.39, 0.29) is 5.57 Å². The highest BCUT2D eigenvalue weighted by molar-refractivity contribution is 6.09. The maximum absolute atomic E-state index is 12.5. The lowest BCUT2D eigenvalue weighted by Gasteiger charge is -2.21. The predicted octanol–water partition coefficient (Wildman–Crippen LogP) is 3.41. The first-order valence-electron chi connectivity index (χ1n) is 8.78. The Morgan fingerprint density at radius 3 is 2.68 bits per heavy atom. The zero-order valence-corrected chi connectivity index (χ0v) is 15.7. The smallest absolute Gasteiger partial charge is 0.266 e. The molecule has 0 aromatic heterocycles. The number of rotatable bonds is 6. The van der Waals surface area contributed by atoms with Crippen molar-refractivity contribution in [1.29, 1.82) is 5.26 Å². The lowest BCUT2D eigenvalue weighted by Crippen LogP contribution is -2.16. The molecule has 3 rings (SSSR count). The first kappa shape index (κ1) is 19.1. The average molecular weight is 380 g/mol. The molecule has 7 nitrogen and oxygen atoms in total. The third kappa shape index (κ3) is 4.35. The normalized spacial score (nSPS) is 12.7. The van der Waals surface area contributed by atoms with Crippen molar-refractivity contribution >= 4 is 17.7 Å². The van der Waals surface area contributed by atoms with Crippen molar-refractivity contribution in [2.75, 3.05) is 32.2 Å². The monoisotopic (exact) mass is 380 g/mol. The minimum Gasteiger partial charge on any atom is -0.494 e. The van der Waals surface area contributed by atoms with Crippen LogP contribution in [0.3, 0.4) is 0 Å². The third-order valence-electron chi connectivity index (χ3n) is 3.95. The van der Waals surface area contributed by atoms with Gasteiger partial charge in [0.05, 0.1) is 13.7 Å². The first-order valence-corrected chi connectivity index (χ1v) is 8.78. The van der Waals surface area contributed by atoms with Gasteiger partial charge in [0.25, 0.3) is 5.91 Å². The number of fused-ring (bicyclic) bond motifs is 1. The van der Waals surface area contributed by atoms with E-state index in [1.807, 2.05) is 13.0 Å². The maximum atomic E-state index is 12.5. The summed E-state index contributed by atoms with van der Waals surface area (Å²) in [7, 11) is 1.52. The summed E-state index contributed by atoms with van der Waals surface area (Å²) in [4.78, 5) is 12.5. The van der Waals surface area contributed by atoms with E-state index >= 15 is 0 Å². The molecule has 0 saturated carbocycles. The van der Waals surface area contributed by atoms with Gasteiger partial charge in [0.15, 0.2) is 11.5 Å². The van der Waals surface area contributed by atoms with Crippen LogP contribution in [-0.4, -0.2) is 32.8 Å². The molecule has 0 bridgehead atoms. The number of hydrogen-bond donors (Lipinski definition) is 1. The molecular formula is C21H20N2O5. The molecule has 0 aliphatic carbocycles. The Labute approximate surface area is 163 Å². The number of methoxy groups -OCH3 is 1.